The van der Waals surface area contributed by atoms with Gasteiger partial charge in [-0.3, -0.25) is 4.79 Å². The van der Waals surface area contributed by atoms with Gasteiger partial charge in [0.2, 0.25) is 5.78 Å². The van der Waals surface area contributed by atoms with Crippen LogP contribution in [-0.4, -0.2) is 12.4 Å². The summed E-state index contributed by atoms with van der Waals surface area (Å²) in [6.07, 6.45) is 1.75. The van der Waals surface area contributed by atoms with Gasteiger partial charge in [0, 0.05) is 5.56 Å². The van der Waals surface area contributed by atoms with E-state index in [9.17, 15) is 4.79 Å². The first kappa shape index (κ1) is 18.8. The molecule has 1 heterocycles. The van der Waals surface area contributed by atoms with Crippen molar-refractivity contribution in [2.24, 2.45) is 0 Å². The number of carbonyl (C=O) groups excluding carboxylic acids is 1. The van der Waals surface area contributed by atoms with E-state index in [4.69, 9.17) is 14.2 Å². The smallest absolute Gasteiger partial charge is 0.231 e. The topological polar surface area (TPSA) is 44.8 Å². The van der Waals surface area contributed by atoms with E-state index in [0.717, 1.165) is 22.4 Å². The van der Waals surface area contributed by atoms with Gasteiger partial charge in [0.05, 0.1) is 12.2 Å². The normalized spacial score (nSPS) is 13.9. The lowest BCUT2D eigenvalue weighted by molar-refractivity contribution is 0.101. The molecule has 0 atom stereocenters. The molecule has 4 heteroatoms. The molecule has 1 aliphatic heterocycles. The zero-order chi connectivity index (χ0) is 20.2. The predicted molar refractivity (Wildman–Crippen MR) is 112 cm³/mol. The quantitative estimate of drug-likeness (QED) is 0.518. The number of fused-ring (bicyclic) bond motifs is 1. The fourth-order valence-electron chi connectivity index (χ4n) is 3.24. The van der Waals surface area contributed by atoms with Gasteiger partial charge in [0.1, 0.15) is 23.9 Å². The fraction of sp³-hybridized carbons (Fsp3) is 0.160. The number of ketones is 1. The molecule has 3 aromatic carbocycles. The van der Waals surface area contributed by atoms with Crippen LogP contribution in [0.5, 0.6) is 17.2 Å². The molecule has 0 unspecified atom stereocenters. The first-order chi connectivity index (χ1) is 14.2. The zero-order valence-electron chi connectivity index (χ0n) is 16.5. The molecule has 0 aliphatic carbocycles. The molecule has 4 nitrogen and oxygen atoms in total. The Balaban J connectivity index is 1.53. The van der Waals surface area contributed by atoms with Gasteiger partial charge >= 0.3 is 0 Å². The minimum atomic E-state index is -0.119. The standard InChI is InChI=1S/C25H22O4/c1-3-27-20-11-9-18(10-12-20)15-23-24(26)21-13-14-22(17(2)25(21)29-23)28-16-19-7-5-4-6-8-19/h4-15H,3,16H2,1-2H3/b23-15-. The molecule has 0 N–H and O–H groups in total. The number of allylic oxidation sites excluding steroid dienone is 1. The Hall–Kier alpha value is -3.53. The van der Waals surface area contributed by atoms with Crippen LogP contribution in [0.2, 0.25) is 0 Å². The molecule has 0 bridgehead atoms. The molecule has 0 aromatic heterocycles. The minimum absolute atomic E-state index is 0.119. The maximum Gasteiger partial charge on any atom is 0.231 e. The van der Waals surface area contributed by atoms with E-state index in [1.54, 1.807) is 12.1 Å². The van der Waals surface area contributed by atoms with Gasteiger partial charge < -0.3 is 14.2 Å². The number of Topliss-reactive ketones (excluding diaryl/α,β-unsaturated/α-hetero) is 1. The first-order valence-electron chi connectivity index (χ1n) is 9.63. The molecule has 0 radical (unpaired) electrons. The Bertz CT molecular complexity index is 1050. The third kappa shape index (κ3) is 4.02. The lowest BCUT2D eigenvalue weighted by atomic mass is 10.1. The van der Waals surface area contributed by atoms with Crippen molar-refractivity contribution in [3.05, 3.63) is 94.7 Å². The first-order valence-corrected chi connectivity index (χ1v) is 9.63. The maximum atomic E-state index is 12.8. The number of ether oxygens (including phenoxy) is 3. The highest BCUT2D eigenvalue weighted by molar-refractivity contribution is 6.14. The van der Waals surface area contributed by atoms with Crippen molar-refractivity contribution in [1.29, 1.82) is 0 Å². The second kappa shape index (κ2) is 8.23. The number of benzene rings is 3. The molecular formula is C25H22O4. The van der Waals surface area contributed by atoms with Crippen LogP contribution in [0.1, 0.15) is 34.0 Å². The van der Waals surface area contributed by atoms with Gasteiger partial charge in [-0.15, -0.1) is 0 Å². The van der Waals surface area contributed by atoms with Gasteiger partial charge in [-0.25, -0.2) is 0 Å². The summed E-state index contributed by atoms with van der Waals surface area (Å²) in [5.41, 5.74) is 3.34. The van der Waals surface area contributed by atoms with Crippen molar-refractivity contribution in [2.75, 3.05) is 6.61 Å². The molecule has 0 spiro atoms. The van der Waals surface area contributed by atoms with Crippen LogP contribution in [0, 0.1) is 6.92 Å². The largest absolute Gasteiger partial charge is 0.494 e. The number of rotatable bonds is 6. The van der Waals surface area contributed by atoms with E-state index >= 15 is 0 Å². The van der Waals surface area contributed by atoms with Gasteiger partial charge in [-0.2, -0.15) is 0 Å². The van der Waals surface area contributed by atoms with Crippen molar-refractivity contribution in [3.8, 4) is 17.2 Å². The highest BCUT2D eigenvalue weighted by atomic mass is 16.5. The molecule has 146 valence electrons. The molecule has 29 heavy (non-hydrogen) atoms. The van der Waals surface area contributed by atoms with Crippen LogP contribution in [0.15, 0.2) is 72.5 Å². The number of hydrogen-bond donors (Lipinski definition) is 0. The number of carbonyl (C=O) groups is 1. The van der Waals surface area contributed by atoms with Crippen molar-refractivity contribution in [3.63, 3.8) is 0 Å². The Morgan fingerprint density at radius 2 is 1.69 bits per heavy atom. The summed E-state index contributed by atoms with van der Waals surface area (Å²) in [7, 11) is 0. The molecule has 0 saturated carbocycles. The average molecular weight is 386 g/mol. The Labute approximate surface area is 170 Å². The molecule has 3 aromatic rings. The van der Waals surface area contributed by atoms with Gasteiger partial charge in [-0.1, -0.05) is 42.5 Å². The van der Waals surface area contributed by atoms with E-state index in [2.05, 4.69) is 0 Å². The SMILES string of the molecule is CCOc1ccc(/C=C2\Oc3c(ccc(OCc4ccccc4)c3C)C2=O)cc1. The van der Waals surface area contributed by atoms with E-state index in [1.807, 2.05) is 74.5 Å². The minimum Gasteiger partial charge on any atom is -0.494 e. The van der Waals surface area contributed by atoms with Crippen molar-refractivity contribution in [2.45, 2.75) is 20.5 Å². The van der Waals surface area contributed by atoms with Crippen LogP contribution in [0.25, 0.3) is 6.08 Å². The van der Waals surface area contributed by atoms with Crippen LogP contribution < -0.4 is 14.2 Å². The van der Waals surface area contributed by atoms with Gasteiger partial charge in [-0.05, 0) is 55.3 Å². The van der Waals surface area contributed by atoms with E-state index in [-0.39, 0.29) is 5.78 Å². The van der Waals surface area contributed by atoms with E-state index in [0.29, 0.717) is 36.0 Å². The highest BCUT2D eigenvalue weighted by Crippen LogP contribution is 2.39. The summed E-state index contributed by atoms with van der Waals surface area (Å²) in [6.45, 7) is 4.93. The molecule has 0 saturated heterocycles. The summed E-state index contributed by atoms with van der Waals surface area (Å²) in [5, 5.41) is 0. The van der Waals surface area contributed by atoms with Gasteiger partial charge in [0.25, 0.3) is 0 Å². The molecule has 1 aliphatic rings. The van der Waals surface area contributed by atoms with Crippen LogP contribution in [0.3, 0.4) is 0 Å². The summed E-state index contributed by atoms with van der Waals surface area (Å²) in [4.78, 5) is 12.8. The summed E-state index contributed by atoms with van der Waals surface area (Å²) >= 11 is 0. The predicted octanol–water partition coefficient (Wildman–Crippen LogP) is 5.59. The maximum absolute atomic E-state index is 12.8. The van der Waals surface area contributed by atoms with Crippen LogP contribution in [0.4, 0.5) is 0 Å². The number of hydrogen-bond acceptors (Lipinski definition) is 4. The van der Waals surface area contributed by atoms with Crippen molar-refractivity contribution < 1.29 is 19.0 Å². The van der Waals surface area contributed by atoms with Crippen LogP contribution in [-0.2, 0) is 6.61 Å². The molecule has 0 amide bonds. The second-order valence-electron chi connectivity index (χ2n) is 6.78. The highest BCUT2D eigenvalue weighted by Gasteiger charge is 2.30. The zero-order valence-corrected chi connectivity index (χ0v) is 16.5. The van der Waals surface area contributed by atoms with Gasteiger partial charge in [0.15, 0.2) is 5.76 Å². The second-order valence-corrected chi connectivity index (χ2v) is 6.78. The van der Waals surface area contributed by atoms with Crippen LogP contribution >= 0.6 is 0 Å². The lowest BCUT2D eigenvalue weighted by Gasteiger charge is -2.11. The summed E-state index contributed by atoms with van der Waals surface area (Å²) in [6, 6.07) is 21.1. The third-order valence-electron chi connectivity index (χ3n) is 4.76. The summed E-state index contributed by atoms with van der Waals surface area (Å²) < 4.78 is 17.3. The lowest BCUT2D eigenvalue weighted by Crippen LogP contribution is -1.98. The molecule has 0 fully saturated rings. The Morgan fingerprint density at radius 1 is 0.931 bits per heavy atom. The molecular weight excluding hydrogens is 364 g/mol. The van der Waals surface area contributed by atoms with E-state index < -0.39 is 0 Å². The van der Waals surface area contributed by atoms with Crippen molar-refractivity contribution in [1.82, 2.24) is 0 Å². The fourth-order valence-corrected chi connectivity index (χ4v) is 3.24. The third-order valence-corrected chi connectivity index (χ3v) is 4.76. The Morgan fingerprint density at radius 3 is 2.41 bits per heavy atom. The average Bonchev–Trinajstić information content (AvgIpc) is 3.06. The Kier molecular flexibility index (Phi) is 5.34. The molecule has 4 rings (SSSR count). The summed E-state index contributed by atoms with van der Waals surface area (Å²) in [5.74, 6) is 2.27. The monoisotopic (exact) mass is 386 g/mol. The van der Waals surface area contributed by atoms with E-state index in [1.165, 1.54) is 0 Å². The van der Waals surface area contributed by atoms with Crippen molar-refractivity contribution >= 4 is 11.9 Å².